The molecule has 124 valence electrons. The Bertz CT molecular complexity index is 600. The van der Waals surface area contributed by atoms with Gasteiger partial charge < -0.3 is 11.1 Å². The number of anilines is 1. The fraction of sp³-hybridized carbons (Fsp3) is 0.533. The van der Waals surface area contributed by atoms with Crippen molar-refractivity contribution in [2.24, 2.45) is 17.6 Å². The predicted octanol–water partition coefficient (Wildman–Crippen LogP) is 1.54. The van der Waals surface area contributed by atoms with Crippen LogP contribution in [-0.4, -0.2) is 27.4 Å². The Labute approximate surface area is 132 Å². The van der Waals surface area contributed by atoms with Gasteiger partial charge in [0.2, 0.25) is 15.9 Å². The lowest BCUT2D eigenvalue weighted by Gasteiger charge is -2.15. The summed E-state index contributed by atoms with van der Waals surface area (Å²) >= 11 is 0. The molecule has 0 aromatic heterocycles. The molecule has 0 saturated carbocycles. The van der Waals surface area contributed by atoms with E-state index in [4.69, 9.17) is 5.73 Å². The maximum Gasteiger partial charge on any atom is 0.240 e. The van der Waals surface area contributed by atoms with E-state index < -0.39 is 10.0 Å². The molecule has 1 rings (SSSR count). The summed E-state index contributed by atoms with van der Waals surface area (Å²) in [6, 6.07) is 6.18. The van der Waals surface area contributed by atoms with Gasteiger partial charge in [-0.15, -0.1) is 0 Å². The Morgan fingerprint density at radius 2 is 1.95 bits per heavy atom. The van der Waals surface area contributed by atoms with E-state index in [1.807, 2.05) is 6.92 Å². The molecule has 1 unspecified atom stereocenters. The monoisotopic (exact) mass is 327 g/mol. The number of amides is 1. The van der Waals surface area contributed by atoms with Crippen LogP contribution in [-0.2, 0) is 14.8 Å². The number of carbonyl (C=O) groups excluding carboxylic acids is 1. The third kappa shape index (κ3) is 5.75. The number of benzene rings is 1. The Balaban J connectivity index is 2.78. The number of sulfonamides is 1. The SMILES string of the molecule is CC(C)C(C)CC(=O)Nc1cccc(S(=O)(=O)NCCN)c1. The Morgan fingerprint density at radius 3 is 2.55 bits per heavy atom. The molecule has 0 heterocycles. The van der Waals surface area contributed by atoms with Gasteiger partial charge in [-0.3, -0.25) is 4.79 Å². The van der Waals surface area contributed by atoms with Gasteiger partial charge >= 0.3 is 0 Å². The average Bonchev–Trinajstić information content (AvgIpc) is 2.45. The van der Waals surface area contributed by atoms with Crippen LogP contribution in [0.25, 0.3) is 0 Å². The lowest BCUT2D eigenvalue weighted by molar-refractivity contribution is -0.117. The molecule has 1 aromatic rings. The van der Waals surface area contributed by atoms with Crippen LogP contribution >= 0.6 is 0 Å². The standard InChI is InChI=1S/C15H25N3O3S/c1-11(2)12(3)9-15(19)18-13-5-4-6-14(10-13)22(20,21)17-8-7-16/h4-6,10-12,17H,7-9,16H2,1-3H3,(H,18,19). The van der Waals surface area contributed by atoms with Crippen LogP contribution < -0.4 is 15.8 Å². The molecular formula is C15H25N3O3S. The second kappa shape index (κ2) is 8.26. The molecule has 0 aliphatic rings. The normalized spacial score (nSPS) is 13.1. The van der Waals surface area contributed by atoms with Crippen molar-refractivity contribution in [2.75, 3.05) is 18.4 Å². The lowest BCUT2D eigenvalue weighted by Crippen LogP contribution is -2.29. The summed E-state index contributed by atoms with van der Waals surface area (Å²) in [5, 5.41) is 2.74. The van der Waals surface area contributed by atoms with Crippen LogP contribution in [0.1, 0.15) is 27.2 Å². The molecule has 22 heavy (non-hydrogen) atoms. The van der Waals surface area contributed by atoms with Gasteiger partial charge in [0, 0.05) is 25.2 Å². The summed E-state index contributed by atoms with van der Waals surface area (Å²) < 4.78 is 26.4. The van der Waals surface area contributed by atoms with Crippen molar-refractivity contribution >= 4 is 21.6 Å². The summed E-state index contributed by atoms with van der Waals surface area (Å²) in [4.78, 5) is 12.1. The molecule has 0 fully saturated rings. The van der Waals surface area contributed by atoms with Gasteiger partial charge in [-0.25, -0.2) is 13.1 Å². The fourth-order valence-electron chi connectivity index (χ4n) is 1.76. The van der Waals surface area contributed by atoms with Crippen molar-refractivity contribution in [2.45, 2.75) is 32.1 Å². The first kappa shape index (κ1) is 18.6. The van der Waals surface area contributed by atoms with Crippen LogP contribution in [0.15, 0.2) is 29.2 Å². The summed E-state index contributed by atoms with van der Waals surface area (Å²) in [5.41, 5.74) is 5.77. The number of nitrogens with one attached hydrogen (secondary N) is 2. The first-order chi connectivity index (χ1) is 10.3. The molecule has 0 radical (unpaired) electrons. The topological polar surface area (TPSA) is 101 Å². The fourth-order valence-corrected chi connectivity index (χ4v) is 2.85. The summed E-state index contributed by atoms with van der Waals surface area (Å²) in [5.74, 6) is 0.557. The van der Waals surface area contributed by atoms with E-state index in [9.17, 15) is 13.2 Å². The number of hydrogen-bond donors (Lipinski definition) is 3. The van der Waals surface area contributed by atoms with Crippen LogP contribution in [0.4, 0.5) is 5.69 Å². The Kier molecular flexibility index (Phi) is 6.99. The molecule has 1 amide bonds. The molecule has 0 aliphatic carbocycles. The Morgan fingerprint density at radius 1 is 1.27 bits per heavy atom. The zero-order valence-corrected chi connectivity index (χ0v) is 14.1. The maximum absolute atomic E-state index is 12.0. The third-order valence-electron chi connectivity index (χ3n) is 3.51. The second-order valence-corrected chi connectivity index (χ2v) is 7.45. The third-order valence-corrected chi connectivity index (χ3v) is 4.97. The van der Waals surface area contributed by atoms with Gasteiger partial charge in [-0.1, -0.05) is 26.8 Å². The average molecular weight is 327 g/mol. The van der Waals surface area contributed by atoms with E-state index >= 15 is 0 Å². The number of hydrogen-bond acceptors (Lipinski definition) is 4. The van der Waals surface area contributed by atoms with Crippen LogP contribution in [0, 0.1) is 11.8 Å². The van der Waals surface area contributed by atoms with Crippen LogP contribution in [0.5, 0.6) is 0 Å². The van der Waals surface area contributed by atoms with E-state index in [0.29, 0.717) is 18.0 Å². The van der Waals surface area contributed by atoms with E-state index in [1.54, 1.807) is 12.1 Å². The molecule has 1 aromatic carbocycles. The van der Waals surface area contributed by atoms with Gasteiger partial charge in [-0.05, 0) is 30.0 Å². The van der Waals surface area contributed by atoms with Crippen molar-refractivity contribution in [1.29, 1.82) is 0 Å². The number of carbonyl (C=O) groups is 1. The highest BCUT2D eigenvalue weighted by atomic mass is 32.2. The van der Waals surface area contributed by atoms with Gasteiger partial charge in [0.05, 0.1) is 4.90 Å². The minimum absolute atomic E-state index is 0.107. The van der Waals surface area contributed by atoms with Crippen LogP contribution in [0.2, 0.25) is 0 Å². The largest absolute Gasteiger partial charge is 0.329 e. The highest BCUT2D eigenvalue weighted by Gasteiger charge is 2.15. The summed E-state index contributed by atoms with van der Waals surface area (Å²) in [6.45, 7) is 6.54. The number of nitrogens with two attached hydrogens (primary N) is 1. The summed E-state index contributed by atoms with van der Waals surface area (Å²) in [6.07, 6.45) is 0.403. The second-order valence-electron chi connectivity index (χ2n) is 5.69. The van der Waals surface area contributed by atoms with Crippen molar-refractivity contribution in [3.8, 4) is 0 Å². The van der Waals surface area contributed by atoms with E-state index in [2.05, 4.69) is 23.9 Å². The van der Waals surface area contributed by atoms with Crippen molar-refractivity contribution in [3.05, 3.63) is 24.3 Å². The zero-order chi connectivity index (χ0) is 16.8. The molecular weight excluding hydrogens is 302 g/mol. The van der Waals surface area contributed by atoms with Gasteiger partial charge in [-0.2, -0.15) is 0 Å². The van der Waals surface area contributed by atoms with Crippen molar-refractivity contribution in [3.63, 3.8) is 0 Å². The molecule has 6 nitrogen and oxygen atoms in total. The van der Waals surface area contributed by atoms with Crippen LogP contribution in [0.3, 0.4) is 0 Å². The maximum atomic E-state index is 12.0. The first-order valence-electron chi connectivity index (χ1n) is 7.36. The molecule has 1 atom stereocenters. The quantitative estimate of drug-likeness (QED) is 0.674. The highest BCUT2D eigenvalue weighted by Crippen LogP contribution is 2.18. The van der Waals surface area contributed by atoms with Gasteiger partial charge in [0.25, 0.3) is 0 Å². The van der Waals surface area contributed by atoms with E-state index in [-0.39, 0.29) is 29.8 Å². The van der Waals surface area contributed by atoms with Crippen molar-refractivity contribution in [1.82, 2.24) is 4.72 Å². The first-order valence-corrected chi connectivity index (χ1v) is 8.84. The number of rotatable bonds is 8. The molecule has 4 N–H and O–H groups in total. The molecule has 7 heteroatoms. The summed E-state index contributed by atoms with van der Waals surface area (Å²) in [7, 11) is -3.60. The molecule has 0 aliphatic heterocycles. The minimum Gasteiger partial charge on any atom is -0.329 e. The van der Waals surface area contributed by atoms with E-state index in [1.165, 1.54) is 12.1 Å². The van der Waals surface area contributed by atoms with E-state index in [0.717, 1.165) is 0 Å². The Hall–Kier alpha value is -1.44. The van der Waals surface area contributed by atoms with Gasteiger partial charge in [0.15, 0.2) is 0 Å². The minimum atomic E-state index is -3.60. The smallest absolute Gasteiger partial charge is 0.240 e. The van der Waals surface area contributed by atoms with Crippen molar-refractivity contribution < 1.29 is 13.2 Å². The zero-order valence-electron chi connectivity index (χ0n) is 13.3. The molecule has 0 bridgehead atoms. The van der Waals surface area contributed by atoms with Gasteiger partial charge in [0.1, 0.15) is 0 Å². The highest BCUT2D eigenvalue weighted by molar-refractivity contribution is 7.89. The molecule has 0 spiro atoms. The predicted molar refractivity (Wildman–Crippen MR) is 87.9 cm³/mol. The molecule has 0 saturated heterocycles. The lowest BCUT2D eigenvalue weighted by atomic mass is 9.94.